The third kappa shape index (κ3) is 1.86. The molecule has 3 nitrogen and oxygen atoms in total. The van der Waals surface area contributed by atoms with Gasteiger partial charge in [-0.05, 0) is 31.2 Å². The van der Waals surface area contributed by atoms with Gasteiger partial charge in [-0.1, -0.05) is 29.3 Å². The smallest absolute Gasteiger partial charge is 0.231 e. The molecule has 0 N–H and O–H groups in total. The van der Waals surface area contributed by atoms with Gasteiger partial charge in [-0.15, -0.1) is 0 Å². The second-order valence-corrected chi connectivity index (χ2v) is 5.65. The summed E-state index contributed by atoms with van der Waals surface area (Å²) in [5.74, 6) is 0. The molecule has 16 heavy (non-hydrogen) atoms. The zero-order chi connectivity index (χ0) is 11.8. The molecule has 0 spiro atoms. The molecule has 0 unspecified atom stereocenters. The highest BCUT2D eigenvalue weighted by Crippen LogP contribution is 2.19. The fourth-order valence-electron chi connectivity index (χ4n) is 1.36. The average molecular weight is 256 g/mol. The highest BCUT2D eigenvalue weighted by molar-refractivity contribution is 7.90. The Bertz CT molecular complexity index is 599. The lowest BCUT2D eigenvalue weighted by Gasteiger charge is -2.07. The summed E-state index contributed by atoms with van der Waals surface area (Å²) in [5, 5.41) is 0.181. The van der Waals surface area contributed by atoms with Gasteiger partial charge in [0.2, 0.25) is 0 Å². The third-order valence-electron chi connectivity index (χ3n) is 2.24. The predicted molar refractivity (Wildman–Crippen MR) is 63.2 cm³/mol. The van der Waals surface area contributed by atoms with E-state index in [4.69, 9.17) is 11.6 Å². The number of nitrogens with zero attached hydrogens (tertiary/aromatic N) is 1. The first-order valence-corrected chi connectivity index (χ1v) is 6.49. The number of rotatable bonds is 2. The summed E-state index contributed by atoms with van der Waals surface area (Å²) in [4.78, 5) is 0.233. The van der Waals surface area contributed by atoms with Gasteiger partial charge in [0.1, 0.15) is 5.15 Å². The van der Waals surface area contributed by atoms with Gasteiger partial charge in [-0.3, -0.25) is 0 Å². The molecule has 0 fully saturated rings. The van der Waals surface area contributed by atoms with Crippen LogP contribution in [-0.4, -0.2) is 12.4 Å². The van der Waals surface area contributed by atoms with E-state index in [1.807, 2.05) is 6.92 Å². The molecular weight excluding hydrogens is 246 g/mol. The molecular formula is C11H10ClNO2S. The Hall–Kier alpha value is -1.26. The van der Waals surface area contributed by atoms with Crippen LogP contribution in [0.25, 0.3) is 0 Å². The number of hydrogen-bond donors (Lipinski definition) is 0. The summed E-state index contributed by atoms with van der Waals surface area (Å²) in [5.41, 5.74) is 1.01. The Kier molecular flexibility index (Phi) is 2.78. The number of halogens is 1. The maximum Gasteiger partial charge on any atom is 0.268 e. The molecule has 2 aromatic rings. The van der Waals surface area contributed by atoms with Gasteiger partial charge < -0.3 is 0 Å². The highest BCUT2D eigenvalue weighted by atomic mass is 35.5. The Morgan fingerprint density at radius 3 is 2.25 bits per heavy atom. The van der Waals surface area contributed by atoms with Crippen LogP contribution in [0.2, 0.25) is 5.15 Å². The lowest BCUT2D eigenvalue weighted by molar-refractivity contribution is 0.587. The van der Waals surface area contributed by atoms with Gasteiger partial charge in [0.25, 0.3) is 10.0 Å². The molecule has 0 saturated carbocycles. The summed E-state index contributed by atoms with van der Waals surface area (Å²) in [6.45, 7) is 1.90. The van der Waals surface area contributed by atoms with E-state index < -0.39 is 10.0 Å². The molecule has 5 heteroatoms. The molecule has 84 valence electrons. The topological polar surface area (TPSA) is 39.1 Å². The van der Waals surface area contributed by atoms with E-state index in [1.54, 1.807) is 30.3 Å². The zero-order valence-electron chi connectivity index (χ0n) is 8.59. The molecule has 0 aliphatic heterocycles. The van der Waals surface area contributed by atoms with E-state index in [1.165, 1.54) is 12.3 Å². The van der Waals surface area contributed by atoms with Gasteiger partial charge >= 0.3 is 0 Å². The lowest BCUT2D eigenvalue weighted by atomic mass is 10.2. The third-order valence-corrected chi connectivity index (χ3v) is 4.36. The lowest BCUT2D eigenvalue weighted by Crippen LogP contribution is -2.11. The fraction of sp³-hybridized carbons (Fsp3) is 0.0909. The minimum absolute atomic E-state index is 0.181. The number of aryl methyl sites for hydroxylation is 1. The largest absolute Gasteiger partial charge is 0.268 e. The molecule has 0 bridgehead atoms. The first-order chi connectivity index (χ1) is 7.51. The van der Waals surface area contributed by atoms with Crippen molar-refractivity contribution in [2.75, 3.05) is 0 Å². The van der Waals surface area contributed by atoms with Crippen molar-refractivity contribution in [1.82, 2.24) is 3.97 Å². The summed E-state index contributed by atoms with van der Waals surface area (Å²) >= 11 is 5.79. The van der Waals surface area contributed by atoms with Crippen LogP contribution in [0.15, 0.2) is 47.5 Å². The fourth-order valence-corrected chi connectivity index (χ4v) is 2.99. The van der Waals surface area contributed by atoms with Gasteiger partial charge in [0, 0.05) is 6.20 Å². The SMILES string of the molecule is Cc1ccc(S(=O)(=O)n2cccc2Cl)cc1. The van der Waals surface area contributed by atoms with Gasteiger partial charge in [0.15, 0.2) is 0 Å². The van der Waals surface area contributed by atoms with E-state index in [0.29, 0.717) is 0 Å². The van der Waals surface area contributed by atoms with Crippen molar-refractivity contribution < 1.29 is 8.42 Å². The summed E-state index contributed by atoms with van der Waals surface area (Å²) in [7, 11) is -3.56. The first-order valence-electron chi connectivity index (χ1n) is 4.67. The van der Waals surface area contributed by atoms with Crippen LogP contribution in [0.1, 0.15) is 5.56 Å². The second-order valence-electron chi connectivity index (χ2n) is 3.44. The van der Waals surface area contributed by atoms with Crippen molar-refractivity contribution in [3.8, 4) is 0 Å². The highest BCUT2D eigenvalue weighted by Gasteiger charge is 2.17. The van der Waals surface area contributed by atoms with Gasteiger partial charge in [-0.2, -0.15) is 0 Å². The molecule has 2 rings (SSSR count). The normalized spacial score (nSPS) is 11.6. The molecule has 0 saturated heterocycles. The van der Waals surface area contributed by atoms with E-state index in [2.05, 4.69) is 0 Å². The zero-order valence-corrected chi connectivity index (χ0v) is 10.2. The Morgan fingerprint density at radius 2 is 1.75 bits per heavy atom. The van der Waals surface area contributed by atoms with E-state index in [9.17, 15) is 8.42 Å². The van der Waals surface area contributed by atoms with E-state index in [0.717, 1.165) is 9.54 Å². The van der Waals surface area contributed by atoms with Crippen molar-refractivity contribution in [2.45, 2.75) is 11.8 Å². The minimum Gasteiger partial charge on any atom is -0.231 e. The van der Waals surface area contributed by atoms with Crippen LogP contribution >= 0.6 is 11.6 Å². The molecule has 1 aromatic carbocycles. The molecule has 0 aliphatic rings. The summed E-state index contributed by atoms with van der Waals surface area (Å²) < 4.78 is 25.3. The minimum atomic E-state index is -3.56. The van der Waals surface area contributed by atoms with E-state index in [-0.39, 0.29) is 10.0 Å². The van der Waals surface area contributed by atoms with Crippen LogP contribution in [0.4, 0.5) is 0 Å². The molecule has 0 amide bonds. The van der Waals surface area contributed by atoms with Crippen LogP contribution in [0.5, 0.6) is 0 Å². The number of hydrogen-bond acceptors (Lipinski definition) is 2. The molecule has 0 aliphatic carbocycles. The first kappa shape index (κ1) is 11.2. The molecule has 0 radical (unpaired) electrons. The van der Waals surface area contributed by atoms with Gasteiger partial charge in [-0.25, -0.2) is 12.4 Å². The van der Waals surface area contributed by atoms with Crippen LogP contribution in [0.3, 0.4) is 0 Å². The summed E-state index contributed by atoms with van der Waals surface area (Å²) in [6, 6.07) is 9.78. The van der Waals surface area contributed by atoms with Crippen LogP contribution in [-0.2, 0) is 10.0 Å². The van der Waals surface area contributed by atoms with Gasteiger partial charge in [0.05, 0.1) is 4.90 Å². The second kappa shape index (κ2) is 3.96. The number of aromatic nitrogens is 1. The predicted octanol–water partition coefficient (Wildman–Crippen LogP) is 2.69. The van der Waals surface area contributed by atoms with Crippen molar-refractivity contribution in [1.29, 1.82) is 0 Å². The maximum absolute atomic E-state index is 12.1. The van der Waals surface area contributed by atoms with Crippen molar-refractivity contribution >= 4 is 21.6 Å². The average Bonchev–Trinajstić information content (AvgIpc) is 2.66. The van der Waals surface area contributed by atoms with Crippen molar-refractivity contribution in [3.05, 3.63) is 53.3 Å². The Balaban J connectivity index is 2.56. The van der Waals surface area contributed by atoms with Crippen LogP contribution in [0, 0.1) is 6.92 Å². The Morgan fingerprint density at radius 1 is 1.12 bits per heavy atom. The quantitative estimate of drug-likeness (QED) is 0.828. The summed E-state index contributed by atoms with van der Waals surface area (Å²) in [6.07, 6.45) is 1.43. The molecule has 0 atom stereocenters. The Labute approximate surface area is 99.3 Å². The number of benzene rings is 1. The molecule has 1 heterocycles. The molecule has 1 aromatic heterocycles. The van der Waals surface area contributed by atoms with Crippen molar-refractivity contribution in [3.63, 3.8) is 0 Å². The van der Waals surface area contributed by atoms with E-state index >= 15 is 0 Å². The standard InChI is InChI=1S/C11H10ClNO2S/c1-9-4-6-10(7-5-9)16(14,15)13-8-2-3-11(13)12/h2-8H,1H3. The maximum atomic E-state index is 12.1. The van der Waals surface area contributed by atoms with Crippen molar-refractivity contribution in [2.24, 2.45) is 0 Å². The van der Waals surface area contributed by atoms with Crippen LogP contribution < -0.4 is 0 Å². The monoisotopic (exact) mass is 255 g/mol.